The van der Waals surface area contributed by atoms with E-state index in [4.69, 9.17) is 4.74 Å². The van der Waals surface area contributed by atoms with E-state index in [-0.39, 0.29) is 5.82 Å². The van der Waals surface area contributed by atoms with Gasteiger partial charge in [-0.1, -0.05) is 32.8 Å². The number of benzene rings is 1. The average Bonchev–Trinajstić information content (AvgIpc) is 2.90. The van der Waals surface area contributed by atoms with Gasteiger partial charge in [0, 0.05) is 6.54 Å². The van der Waals surface area contributed by atoms with Crippen LogP contribution in [0.5, 0.6) is 5.75 Å². The monoisotopic (exact) mass is 279 g/mol. The molecule has 0 bridgehead atoms. The Morgan fingerprint density at radius 2 is 2.05 bits per heavy atom. The first-order valence-electron chi connectivity index (χ1n) is 7.77. The Morgan fingerprint density at radius 1 is 1.30 bits per heavy atom. The quantitative estimate of drug-likeness (QED) is 0.810. The summed E-state index contributed by atoms with van der Waals surface area (Å²) in [6.07, 6.45) is 5.02. The van der Waals surface area contributed by atoms with Gasteiger partial charge in [0.1, 0.15) is 0 Å². The van der Waals surface area contributed by atoms with E-state index >= 15 is 0 Å². The number of ether oxygens (including phenoxy) is 1. The summed E-state index contributed by atoms with van der Waals surface area (Å²) in [6, 6.07) is 5.29. The third kappa shape index (κ3) is 4.78. The van der Waals surface area contributed by atoms with Crippen molar-refractivity contribution in [2.45, 2.75) is 46.1 Å². The third-order valence-corrected chi connectivity index (χ3v) is 3.83. The number of hydrogen-bond acceptors (Lipinski definition) is 2. The minimum atomic E-state index is -0.244. The summed E-state index contributed by atoms with van der Waals surface area (Å²) in [7, 11) is 0. The first kappa shape index (κ1) is 15.3. The summed E-state index contributed by atoms with van der Waals surface area (Å²) in [4.78, 5) is 0. The van der Waals surface area contributed by atoms with Gasteiger partial charge in [-0.2, -0.15) is 0 Å². The van der Waals surface area contributed by atoms with Gasteiger partial charge >= 0.3 is 0 Å². The zero-order valence-electron chi connectivity index (χ0n) is 12.6. The molecule has 2 rings (SSSR count). The fourth-order valence-electron chi connectivity index (χ4n) is 2.66. The highest BCUT2D eigenvalue weighted by molar-refractivity contribution is 5.29. The lowest BCUT2D eigenvalue weighted by Gasteiger charge is -2.13. The van der Waals surface area contributed by atoms with Gasteiger partial charge in [0.25, 0.3) is 0 Å². The van der Waals surface area contributed by atoms with E-state index < -0.39 is 0 Å². The van der Waals surface area contributed by atoms with Crippen LogP contribution in [-0.2, 0) is 6.54 Å². The van der Waals surface area contributed by atoms with Crippen LogP contribution in [0, 0.1) is 17.7 Å². The Labute approximate surface area is 121 Å². The van der Waals surface area contributed by atoms with Crippen LogP contribution in [0.4, 0.5) is 4.39 Å². The number of halogens is 1. The van der Waals surface area contributed by atoms with E-state index in [0.717, 1.165) is 12.1 Å². The molecular formula is C17H26FNO. The fourth-order valence-corrected chi connectivity index (χ4v) is 2.66. The molecule has 1 saturated carbocycles. The molecule has 3 heteroatoms. The minimum Gasteiger partial charge on any atom is -0.490 e. The summed E-state index contributed by atoms with van der Waals surface area (Å²) in [5, 5.41) is 3.32. The molecule has 0 atom stereocenters. The summed E-state index contributed by atoms with van der Waals surface area (Å²) < 4.78 is 19.6. The van der Waals surface area contributed by atoms with Crippen LogP contribution >= 0.6 is 0 Å². The lowest BCUT2D eigenvalue weighted by molar-refractivity contribution is 0.242. The molecule has 2 nitrogen and oxygen atoms in total. The molecule has 0 saturated heterocycles. The molecule has 0 heterocycles. The van der Waals surface area contributed by atoms with Crippen LogP contribution in [0.15, 0.2) is 18.2 Å². The highest BCUT2D eigenvalue weighted by Gasteiger charge is 2.16. The smallest absolute Gasteiger partial charge is 0.165 e. The van der Waals surface area contributed by atoms with Crippen molar-refractivity contribution in [3.63, 3.8) is 0 Å². The van der Waals surface area contributed by atoms with Crippen LogP contribution < -0.4 is 10.1 Å². The molecule has 1 aliphatic carbocycles. The van der Waals surface area contributed by atoms with Gasteiger partial charge in [0.05, 0.1) is 6.61 Å². The topological polar surface area (TPSA) is 21.3 Å². The first-order chi connectivity index (χ1) is 9.65. The number of hydrogen-bond donors (Lipinski definition) is 1. The van der Waals surface area contributed by atoms with Crippen LogP contribution in [0.25, 0.3) is 0 Å². The Bertz CT molecular complexity index is 413. The van der Waals surface area contributed by atoms with Crippen molar-refractivity contribution < 1.29 is 9.13 Å². The largest absolute Gasteiger partial charge is 0.490 e. The summed E-state index contributed by atoms with van der Waals surface area (Å²) in [6.45, 7) is 6.63. The van der Waals surface area contributed by atoms with Gasteiger partial charge in [-0.05, 0) is 48.9 Å². The Kier molecular flexibility index (Phi) is 5.84. The zero-order chi connectivity index (χ0) is 14.4. The second kappa shape index (κ2) is 7.63. The van der Waals surface area contributed by atoms with Crippen molar-refractivity contribution in [1.29, 1.82) is 0 Å². The van der Waals surface area contributed by atoms with Crippen LogP contribution in [0.1, 0.15) is 45.1 Å². The second-order valence-corrected chi connectivity index (χ2v) is 6.25. The maximum Gasteiger partial charge on any atom is 0.165 e. The SMILES string of the molecule is CC(C)CNCc1ccc(OCC2CCCC2)c(F)c1. The standard InChI is InChI=1S/C17H26FNO/c1-13(2)10-19-11-15-7-8-17(16(18)9-15)20-12-14-5-3-4-6-14/h7-9,13-14,19H,3-6,10-12H2,1-2H3. The summed E-state index contributed by atoms with van der Waals surface area (Å²) in [5.41, 5.74) is 0.969. The van der Waals surface area contributed by atoms with E-state index in [1.807, 2.05) is 6.07 Å². The predicted octanol–water partition coefficient (Wildman–Crippen LogP) is 4.14. The highest BCUT2D eigenvalue weighted by Crippen LogP contribution is 2.26. The normalized spacial score (nSPS) is 16.0. The van der Waals surface area contributed by atoms with Crippen molar-refractivity contribution in [1.82, 2.24) is 5.32 Å². The fraction of sp³-hybridized carbons (Fsp3) is 0.647. The lowest BCUT2D eigenvalue weighted by atomic mass is 10.1. The molecule has 1 N–H and O–H groups in total. The molecule has 0 aromatic heterocycles. The molecule has 1 aromatic carbocycles. The zero-order valence-corrected chi connectivity index (χ0v) is 12.6. The van der Waals surface area contributed by atoms with E-state index in [1.165, 1.54) is 25.7 Å². The van der Waals surface area contributed by atoms with Crippen molar-refractivity contribution in [3.05, 3.63) is 29.6 Å². The minimum absolute atomic E-state index is 0.244. The Morgan fingerprint density at radius 3 is 2.70 bits per heavy atom. The molecule has 1 aromatic rings. The van der Waals surface area contributed by atoms with E-state index in [1.54, 1.807) is 12.1 Å². The molecule has 0 amide bonds. The van der Waals surface area contributed by atoms with E-state index in [0.29, 0.717) is 30.7 Å². The average molecular weight is 279 g/mol. The maximum atomic E-state index is 14.0. The molecular weight excluding hydrogens is 253 g/mol. The van der Waals surface area contributed by atoms with Gasteiger partial charge in [0.2, 0.25) is 0 Å². The lowest BCUT2D eigenvalue weighted by Crippen LogP contribution is -2.19. The van der Waals surface area contributed by atoms with Gasteiger partial charge in [-0.15, -0.1) is 0 Å². The Balaban J connectivity index is 1.81. The van der Waals surface area contributed by atoms with Crippen molar-refractivity contribution in [2.75, 3.05) is 13.2 Å². The number of nitrogens with one attached hydrogen (secondary N) is 1. The van der Waals surface area contributed by atoms with Gasteiger partial charge in [0.15, 0.2) is 11.6 Å². The molecule has 0 radical (unpaired) electrons. The third-order valence-electron chi connectivity index (χ3n) is 3.83. The molecule has 1 aliphatic rings. The van der Waals surface area contributed by atoms with Crippen LogP contribution in [-0.4, -0.2) is 13.2 Å². The number of rotatable bonds is 7. The molecule has 112 valence electrons. The van der Waals surface area contributed by atoms with E-state index in [9.17, 15) is 4.39 Å². The van der Waals surface area contributed by atoms with Crippen molar-refractivity contribution in [2.24, 2.45) is 11.8 Å². The van der Waals surface area contributed by atoms with Crippen LogP contribution in [0.3, 0.4) is 0 Å². The van der Waals surface area contributed by atoms with Gasteiger partial charge in [-0.25, -0.2) is 4.39 Å². The Hall–Kier alpha value is -1.09. The predicted molar refractivity (Wildman–Crippen MR) is 80.4 cm³/mol. The molecule has 0 unspecified atom stereocenters. The van der Waals surface area contributed by atoms with Crippen LogP contribution in [0.2, 0.25) is 0 Å². The molecule has 1 fully saturated rings. The summed E-state index contributed by atoms with van der Waals surface area (Å²) in [5.74, 6) is 1.37. The van der Waals surface area contributed by atoms with Gasteiger partial charge < -0.3 is 10.1 Å². The molecule has 20 heavy (non-hydrogen) atoms. The van der Waals surface area contributed by atoms with Crippen molar-refractivity contribution in [3.8, 4) is 5.75 Å². The molecule has 0 aliphatic heterocycles. The van der Waals surface area contributed by atoms with E-state index in [2.05, 4.69) is 19.2 Å². The maximum absolute atomic E-state index is 14.0. The van der Waals surface area contributed by atoms with Gasteiger partial charge in [-0.3, -0.25) is 0 Å². The summed E-state index contributed by atoms with van der Waals surface area (Å²) >= 11 is 0. The second-order valence-electron chi connectivity index (χ2n) is 6.25. The first-order valence-corrected chi connectivity index (χ1v) is 7.77. The van der Waals surface area contributed by atoms with Crippen molar-refractivity contribution >= 4 is 0 Å². The molecule has 0 spiro atoms. The highest BCUT2D eigenvalue weighted by atomic mass is 19.1.